The van der Waals surface area contributed by atoms with Crippen LogP contribution in [0.25, 0.3) is 5.57 Å². The molecule has 0 unspecified atom stereocenters. The van der Waals surface area contributed by atoms with Gasteiger partial charge in [0, 0.05) is 5.69 Å². The summed E-state index contributed by atoms with van der Waals surface area (Å²) < 4.78 is 19.5. The van der Waals surface area contributed by atoms with E-state index in [1.807, 2.05) is 39.8 Å². The first kappa shape index (κ1) is 22.3. The van der Waals surface area contributed by atoms with Crippen molar-refractivity contribution in [2.45, 2.75) is 33.8 Å². The van der Waals surface area contributed by atoms with E-state index in [0.29, 0.717) is 22.7 Å². The fourth-order valence-corrected chi connectivity index (χ4v) is 3.70. The van der Waals surface area contributed by atoms with Crippen LogP contribution in [0.2, 0.25) is 0 Å². The van der Waals surface area contributed by atoms with Gasteiger partial charge in [0.15, 0.2) is 0 Å². The molecule has 0 fully saturated rings. The molecule has 2 amide bonds. The van der Waals surface area contributed by atoms with E-state index in [0.717, 1.165) is 16.0 Å². The van der Waals surface area contributed by atoms with Gasteiger partial charge in [-0.25, -0.2) is 9.29 Å². The summed E-state index contributed by atoms with van der Waals surface area (Å²) in [5.41, 5.74) is 3.78. The molecule has 6 heteroatoms. The summed E-state index contributed by atoms with van der Waals surface area (Å²) in [7, 11) is 0. The minimum absolute atomic E-state index is 0.00947. The summed E-state index contributed by atoms with van der Waals surface area (Å²) in [6.07, 6.45) is 0.00947. The number of carbonyl (C=O) groups excluding carboxylic acids is 2. The first-order valence-electron chi connectivity index (χ1n) is 10.7. The molecule has 0 aliphatic carbocycles. The number of anilines is 2. The summed E-state index contributed by atoms with van der Waals surface area (Å²) in [5, 5.41) is 2.98. The average Bonchev–Trinajstić information content (AvgIpc) is 3.00. The molecule has 1 heterocycles. The fourth-order valence-electron chi connectivity index (χ4n) is 3.70. The van der Waals surface area contributed by atoms with Crippen LogP contribution >= 0.6 is 0 Å². The topological polar surface area (TPSA) is 58.6 Å². The Morgan fingerprint density at radius 3 is 2.24 bits per heavy atom. The molecule has 0 saturated carbocycles. The monoisotopic (exact) mass is 444 g/mol. The summed E-state index contributed by atoms with van der Waals surface area (Å²) in [6, 6.07) is 18.2. The molecule has 1 aliphatic heterocycles. The third-order valence-corrected chi connectivity index (χ3v) is 5.44. The van der Waals surface area contributed by atoms with Gasteiger partial charge in [0.25, 0.3) is 11.8 Å². The van der Waals surface area contributed by atoms with Gasteiger partial charge in [-0.05, 0) is 86.8 Å². The van der Waals surface area contributed by atoms with Crippen LogP contribution in [0.1, 0.15) is 30.5 Å². The summed E-state index contributed by atoms with van der Waals surface area (Å²) in [4.78, 5) is 28.2. The highest BCUT2D eigenvalue weighted by Gasteiger charge is 2.40. The zero-order chi connectivity index (χ0) is 23.7. The smallest absolute Gasteiger partial charge is 0.282 e. The molecule has 0 atom stereocenters. The Bertz CT molecular complexity index is 1260. The summed E-state index contributed by atoms with van der Waals surface area (Å²) >= 11 is 0. The van der Waals surface area contributed by atoms with Crippen LogP contribution in [-0.2, 0) is 9.59 Å². The molecule has 4 rings (SSSR count). The minimum Gasteiger partial charge on any atom is -0.491 e. The quantitative estimate of drug-likeness (QED) is 0.501. The average molecular weight is 445 g/mol. The number of carbonyl (C=O) groups is 2. The van der Waals surface area contributed by atoms with Gasteiger partial charge in [0.1, 0.15) is 17.3 Å². The molecular formula is C27H25FN2O3. The van der Waals surface area contributed by atoms with Gasteiger partial charge in [-0.3, -0.25) is 9.59 Å². The maximum Gasteiger partial charge on any atom is 0.282 e. The van der Waals surface area contributed by atoms with Crippen molar-refractivity contribution in [3.63, 3.8) is 0 Å². The van der Waals surface area contributed by atoms with Crippen molar-refractivity contribution < 1.29 is 18.7 Å². The van der Waals surface area contributed by atoms with Crippen molar-refractivity contribution in [3.05, 3.63) is 94.9 Å². The molecule has 0 saturated heterocycles. The lowest BCUT2D eigenvalue weighted by Crippen LogP contribution is -2.32. The van der Waals surface area contributed by atoms with E-state index in [2.05, 4.69) is 5.32 Å². The molecule has 1 N–H and O–H groups in total. The number of rotatable bonds is 6. The van der Waals surface area contributed by atoms with E-state index in [1.54, 1.807) is 36.4 Å². The van der Waals surface area contributed by atoms with Gasteiger partial charge in [-0.1, -0.05) is 24.3 Å². The summed E-state index contributed by atoms with van der Waals surface area (Å²) in [5.74, 6) is -0.721. The van der Waals surface area contributed by atoms with Crippen molar-refractivity contribution in [1.82, 2.24) is 0 Å². The minimum atomic E-state index is -0.495. The van der Waals surface area contributed by atoms with E-state index >= 15 is 0 Å². The Kier molecular flexibility index (Phi) is 6.01. The molecule has 3 aromatic rings. The van der Waals surface area contributed by atoms with E-state index in [-0.39, 0.29) is 17.4 Å². The molecule has 0 aromatic heterocycles. The first-order valence-corrected chi connectivity index (χ1v) is 10.7. The van der Waals surface area contributed by atoms with Crippen molar-refractivity contribution in [3.8, 4) is 5.75 Å². The van der Waals surface area contributed by atoms with Crippen molar-refractivity contribution in [2.24, 2.45) is 0 Å². The predicted octanol–water partition coefficient (Wildman–Crippen LogP) is 5.63. The van der Waals surface area contributed by atoms with Crippen LogP contribution in [-0.4, -0.2) is 17.9 Å². The molecule has 0 bridgehead atoms. The van der Waals surface area contributed by atoms with Gasteiger partial charge in [0.2, 0.25) is 0 Å². The molecule has 0 spiro atoms. The molecular weight excluding hydrogens is 419 g/mol. The van der Waals surface area contributed by atoms with Gasteiger partial charge in [0.05, 0.1) is 17.4 Å². The number of hydrogen-bond donors (Lipinski definition) is 1. The Balaban J connectivity index is 1.79. The SMILES string of the molecule is Cc1ccc(N2C(=O)C(Nc3cccc(F)c3)=C(c3ccc(OC(C)C)cc3)C2=O)cc1C. The fraction of sp³-hybridized carbons (Fsp3) is 0.185. The number of nitrogens with zero attached hydrogens (tertiary/aromatic N) is 1. The molecule has 168 valence electrons. The molecule has 1 aliphatic rings. The van der Waals surface area contributed by atoms with Crippen LogP contribution < -0.4 is 15.0 Å². The second kappa shape index (κ2) is 8.90. The zero-order valence-corrected chi connectivity index (χ0v) is 19.0. The molecule has 0 radical (unpaired) electrons. The Hall–Kier alpha value is -3.93. The standard InChI is InChI=1S/C27H25FN2O3/c1-16(2)33-23-12-9-19(10-13-23)24-25(29-21-7-5-6-20(28)15-21)27(32)30(26(24)31)22-11-8-17(3)18(4)14-22/h5-16,29H,1-4H3. The van der Waals surface area contributed by atoms with Gasteiger partial charge >= 0.3 is 0 Å². The van der Waals surface area contributed by atoms with Crippen molar-refractivity contribution >= 4 is 28.8 Å². The Morgan fingerprint density at radius 1 is 0.879 bits per heavy atom. The van der Waals surface area contributed by atoms with Gasteiger partial charge < -0.3 is 10.1 Å². The van der Waals surface area contributed by atoms with E-state index in [9.17, 15) is 14.0 Å². The van der Waals surface area contributed by atoms with Crippen LogP contribution in [0.4, 0.5) is 15.8 Å². The number of hydrogen-bond acceptors (Lipinski definition) is 4. The number of aryl methyl sites for hydroxylation is 2. The zero-order valence-electron chi connectivity index (χ0n) is 19.0. The third kappa shape index (κ3) is 4.51. The first-order chi connectivity index (χ1) is 15.7. The Morgan fingerprint density at radius 2 is 1.61 bits per heavy atom. The molecule has 5 nitrogen and oxygen atoms in total. The summed E-state index contributed by atoms with van der Waals surface area (Å²) in [6.45, 7) is 7.75. The van der Waals surface area contributed by atoms with Crippen molar-refractivity contribution in [2.75, 3.05) is 10.2 Å². The maximum atomic E-state index is 13.8. The van der Waals surface area contributed by atoms with Crippen LogP contribution in [0.3, 0.4) is 0 Å². The number of nitrogens with one attached hydrogen (secondary N) is 1. The van der Waals surface area contributed by atoms with Gasteiger partial charge in [-0.2, -0.15) is 0 Å². The van der Waals surface area contributed by atoms with E-state index in [1.165, 1.54) is 18.2 Å². The lowest BCUT2D eigenvalue weighted by Gasteiger charge is -2.17. The van der Waals surface area contributed by atoms with Crippen molar-refractivity contribution in [1.29, 1.82) is 0 Å². The van der Waals surface area contributed by atoms with Crippen LogP contribution in [0.5, 0.6) is 5.75 Å². The second-order valence-corrected chi connectivity index (χ2v) is 8.29. The lowest BCUT2D eigenvalue weighted by atomic mass is 10.0. The number of ether oxygens (including phenoxy) is 1. The van der Waals surface area contributed by atoms with Crippen LogP contribution in [0.15, 0.2) is 72.4 Å². The molecule has 33 heavy (non-hydrogen) atoms. The normalized spacial score (nSPS) is 13.8. The van der Waals surface area contributed by atoms with Crippen LogP contribution in [0, 0.1) is 19.7 Å². The van der Waals surface area contributed by atoms with Gasteiger partial charge in [-0.15, -0.1) is 0 Å². The highest BCUT2D eigenvalue weighted by atomic mass is 19.1. The predicted molar refractivity (Wildman–Crippen MR) is 128 cm³/mol. The highest BCUT2D eigenvalue weighted by molar-refractivity contribution is 6.46. The largest absolute Gasteiger partial charge is 0.491 e. The van der Waals surface area contributed by atoms with E-state index < -0.39 is 17.6 Å². The number of benzene rings is 3. The number of amides is 2. The Labute approximate surface area is 192 Å². The third-order valence-electron chi connectivity index (χ3n) is 5.44. The lowest BCUT2D eigenvalue weighted by molar-refractivity contribution is -0.120. The second-order valence-electron chi connectivity index (χ2n) is 8.29. The number of halogens is 1. The molecule has 3 aromatic carbocycles. The maximum absolute atomic E-state index is 13.8. The number of imide groups is 1. The highest BCUT2D eigenvalue weighted by Crippen LogP contribution is 2.35. The van der Waals surface area contributed by atoms with E-state index in [4.69, 9.17) is 4.74 Å².